The van der Waals surface area contributed by atoms with Crippen LogP contribution in [0.5, 0.6) is 5.75 Å². The van der Waals surface area contributed by atoms with Crippen LogP contribution >= 0.6 is 0 Å². The molecule has 1 amide bonds. The number of amides is 1. The largest absolute Gasteiger partial charge is 0.492 e. The number of halogens is 2. The number of piperidine rings is 1. The van der Waals surface area contributed by atoms with Crippen LogP contribution in [-0.4, -0.2) is 77.5 Å². The third-order valence-corrected chi connectivity index (χ3v) is 10.4. The molecule has 3 aliphatic rings. The molecular weight excluding hydrogens is 566 g/mol. The Morgan fingerprint density at radius 1 is 1.10 bits per heavy atom. The molecule has 3 aliphatic heterocycles. The van der Waals surface area contributed by atoms with E-state index in [1.54, 1.807) is 6.20 Å². The molecule has 0 saturated carbocycles. The van der Waals surface area contributed by atoms with Gasteiger partial charge in [0, 0.05) is 68.6 Å². The Hall–Kier alpha value is -3.45. The van der Waals surface area contributed by atoms with Crippen molar-refractivity contribution < 1.29 is 31.8 Å². The summed E-state index contributed by atoms with van der Waals surface area (Å²) in [6.07, 6.45) is 4.19. The Bertz CT molecular complexity index is 1580. The van der Waals surface area contributed by atoms with Crippen molar-refractivity contribution in [2.45, 2.75) is 54.8 Å². The molecule has 3 aromatic rings. The van der Waals surface area contributed by atoms with E-state index >= 15 is 0 Å². The van der Waals surface area contributed by atoms with Gasteiger partial charge >= 0.3 is 0 Å². The van der Waals surface area contributed by atoms with Crippen LogP contribution in [-0.2, 0) is 21.4 Å². The predicted molar refractivity (Wildman–Crippen MR) is 150 cm³/mol. The zero-order chi connectivity index (χ0) is 29.5. The third-order valence-electron chi connectivity index (χ3n) is 8.48. The summed E-state index contributed by atoms with van der Waals surface area (Å²) in [4.78, 5) is 20.0. The van der Waals surface area contributed by atoms with Crippen LogP contribution in [0.1, 0.15) is 31.2 Å². The molecule has 4 heterocycles. The lowest BCUT2D eigenvalue weighted by molar-refractivity contribution is -0.127. The zero-order valence-electron chi connectivity index (χ0n) is 22.9. The van der Waals surface area contributed by atoms with Gasteiger partial charge in [-0.3, -0.25) is 14.7 Å². The Morgan fingerprint density at radius 3 is 2.64 bits per heavy atom. The number of benzene rings is 2. The highest BCUT2D eigenvalue weighted by Crippen LogP contribution is 2.38. The molecule has 2 fully saturated rings. The lowest BCUT2D eigenvalue weighted by Crippen LogP contribution is -2.59. The first-order valence-corrected chi connectivity index (χ1v) is 15.4. The number of likely N-dealkylation sites (tertiary alicyclic amines) is 1. The summed E-state index contributed by atoms with van der Waals surface area (Å²) in [7, 11) is -4.28. The summed E-state index contributed by atoms with van der Waals surface area (Å²) in [5.41, 5.74) is 0.866. The number of rotatable bonds is 3. The maximum Gasteiger partial charge on any atom is 0.247 e. The van der Waals surface area contributed by atoms with Gasteiger partial charge in [0.25, 0.3) is 0 Å². The van der Waals surface area contributed by atoms with Gasteiger partial charge in [-0.15, -0.1) is 0 Å². The van der Waals surface area contributed by atoms with E-state index in [-0.39, 0.29) is 35.8 Å². The summed E-state index contributed by atoms with van der Waals surface area (Å²) < 4.78 is 63.1. The summed E-state index contributed by atoms with van der Waals surface area (Å²) in [5, 5.41) is 13.6. The first-order valence-electron chi connectivity index (χ1n) is 14.0. The van der Waals surface area contributed by atoms with Crippen LogP contribution in [0.25, 0.3) is 11.1 Å². The molecule has 0 unspecified atom stereocenters. The van der Waals surface area contributed by atoms with E-state index < -0.39 is 45.2 Å². The Morgan fingerprint density at radius 2 is 1.90 bits per heavy atom. The van der Waals surface area contributed by atoms with Crippen LogP contribution in [0.3, 0.4) is 0 Å². The molecule has 2 atom stereocenters. The number of ether oxygens (including phenoxy) is 1. The topological polar surface area (TPSA) is 112 Å². The molecule has 6 rings (SSSR count). The van der Waals surface area contributed by atoms with Gasteiger partial charge in [0.05, 0.1) is 12.7 Å². The van der Waals surface area contributed by atoms with Crippen LogP contribution in [0.15, 0.2) is 65.8 Å². The van der Waals surface area contributed by atoms with Crippen molar-refractivity contribution in [3.05, 3.63) is 78.1 Å². The second kappa shape index (κ2) is 11.3. The van der Waals surface area contributed by atoms with Gasteiger partial charge in [0.15, 0.2) is 0 Å². The number of pyridine rings is 1. The monoisotopic (exact) mass is 598 g/mol. The second-order valence-electron chi connectivity index (χ2n) is 11.3. The minimum Gasteiger partial charge on any atom is -0.492 e. The molecule has 42 heavy (non-hydrogen) atoms. The normalized spacial score (nSPS) is 24.2. The molecule has 1 aromatic heterocycles. The van der Waals surface area contributed by atoms with Gasteiger partial charge in [0.2, 0.25) is 15.9 Å². The highest BCUT2D eigenvalue weighted by Gasteiger charge is 2.47. The average Bonchev–Trinajstić information content (AvgIpc) is 3.37. The maximum atomic E-state index is 14.6. The van der Waals surface area contributed by atoms with E-state index in [4.69, 9.17) is 4.74 Å². The molecule has 0 aliphatic carbocycles. The van der Waals surface area contributed by atoms with Gasteiger partial charge in [-0.05, 0) is 54.3 Å². The van der Waals surface area contributed by atoms with E-state index in [1.807, 2.05) is 18.3 Å². The van der Waals surface area contributed by atoms with Crippen molar-refractivity contribution in [2.24, 2.45) is 0 Å². The van der Waals surface area contributed by atoms with Gasteiger partial charge in [-0.1, -0.05) is 12.1 Å². The number of nitrogens with one attached hydrogen (secondary N) is 1. The van der Waals surface area contributed by atoms with Crippen molar-refractivity contribution in [3.8, 4) is 16.9 Å². The third kappa shape index (κ3) is 5.63. The quantitative estimate of drug-likeness (QED) is 0.477. The minimum atomic E-state index is -4.28. The number of fused-ring (bicyclic) bond motifs is 2. The van der Waals surface area contributed by atoms with E-state index in [0.29, 0.717) is 37.9 Å². The first-order chi connectivity index (χ1) is 20.1. The number of sulfonamides is 1. The van der Waals surface area contributed by atoms with Crippen LogP contribution in [0.4, 0.5) is 8.78 Å². The number of hydrogen-bond donors (Lipinski definition) is 2. The fraction of sp³-hybridized carbons (Fsp3) is 0.400. The zero-order valence-corrected chi connectivity index (χ0v) is 23.7. The van der Waals surface area contributed by atoms with E-state index in [9.17, 15) is 27.1 Å². The molecular formula is C30H32F2N4O5S. The van der Waals surface area contributed by atoms with E-state index in [1.165, 1.54) is 24.3 Å². The number of carbonyl (C=O) groups is 1. The first kappa shape index (κ1) is 28.7. The molecule has 2 saturated heterocycles. The molecule has 1 spiro atoms. The van der Waals surface area contributed by atoms with Gasteiger partial charge in [-0.25, -0.2) is 17.2 Å². The molecule has 2 N–H and O–H groups in total. The summed E-state index contributed by atoms with van der Waals surface area (Å²) >= 11 is 0. The van der Waals surface area contributed by atoms with Crippen LogP contribution < -0.4 is 10.1 Å². The van der Waals surface area contributed by atoms with Crippen molar-refractivity contribution >= 4 is 15.9 Å². The fourth-order valence-electron chi connectivity index (χ4n) is 6.17. The maximum absolute atomic E-state index is 14.6. The van der Waals surface area contributed by atoms with Crippen LogP contribution in [0, 0.1) is 11.6 Å². The number of hydrogen-bond acceptors (Lipinski definition) is 7. The highest BCUT2D eigenvalue weighted by molar-refractivity contribution is 7.89. The number of aromatic nitrogens is 1. The Balaban J connectivity index is 1.32. The van der Waals surface area contributed by atoms with Gasteiger partial charge < -0.3 is 15.2 Å². The number of aliphatic hydroxyl groups is 1. The van der Waals surface area contributed by atoms with Crippen molar-refractivity contribution in [2.75, 3.05) is 26.2 Å². The standard InChI is InChI=1S/C30H32F2N4O5S/c31-22-4-5-24(25(32)15-22)21-3-6-28-27(14-21)41-13-9-30(7-11-35(12-8-30)18-20-2-1-10-33-17-20)34-29(38)26-16-23(37)19-36(26)42(28,39)40/h1-6,10,14-15,17,23,26,37H,7-9,11-13,16,18-19H2,(H,34,38)/t23-,26+/m1/s1. The molecule has 222 valence electrons. The molecule has 0 radical (unpaired) electrons. The Labute approximate surface area is 243 Å². The van der Waals surface area contributed by atoms with E-state index in [2.05, 4.69) is 15.2 Å². The fourth-order valence-corrected chi connectivity index (χ4v) is 7.92. The SMILES string of the molecule is O=C1NC2(CCOc3cc(-c4ccc(F)cc4F)ccc3S(=O)(=O)N3C[C@H](O)C[C@@H]13)CCN(Cc1cccnc1)CC2. The smallest absolute Gasteiger partial charge is 0.247 e. The predicted octanol–water partition coefficient (Wildman–Crippen LogP) is 3.08. The lowest BCUT2D eigenvalue weighted by Gasteiger charge is -2.43. The van der Waals surface area contributed by atoms with Crippen molar-refractivity contribution in [1.29, 1.82) is 0 Å². The number of aliphatic hydroxyl groups excluding tert-OH is 1. The van der Waals surface area contributed by atoms with Crippen molar-refractivity contribution in [1.82, 2.24) is 19.5 Å². The lowest BCUT2D eigenvalue weighted by atomic mass is 9.84. The average molecular weight is 599 g/mol. The van der Waals surface area contributed by atoms with Gasteiger partial charge in [-0.2, -0.15) is 4.31 Å². The van der Waals surface area contributed by atoms with Gasteiger partial charge in [0.1, 0.15) is 28.3 Å². The summed E-state index contributed by atoms with van der Waals surface area (Å²) in [6.45, 7) is 2.00. The number of carbonyl (C=O) groups excluding carboxylic acids is 1. The molecule has 2 aromatic carbocycles. The van der Waals surface area contributed by atoms with E-state index in [0.717, 1.165) is 28.5 Å². The van der Waals surface area contributed by atoms with Crippen LogP contribution in [0.2, 0.25) is 0 Å². The molecule has 0 bridgehead atoms. The molecule has 12 heteroatoms. The van der Waals surface area contributed by atoms with Crippen molar-refractivity contribution in [3.63, 3.8) is 0 Å². The minimum absolute atomic E-state index is 0.00915. The molecule has 9 nitrogen and oxygen atoms in total. The number of nitrogens with zero attached hydrogens (tertiary/aromatic N) is 3. The summed E-state index contributed by atoms with van der Waals surface area (Å²) in [5.74, 6) is -1.94. The highest BCUT2D eigenvalue weighted by atomic mass is 32.2. The summed E-state index contributed by atoms with van der Waals surface area (Å²) in [6, 6.07) is 10.2. The second-order valence-corrected chi connectivity index (χ2v) is 13.1. The Kier molecular flexibility index (Phi) is 7.73.